The molecule has 0 radical (unpaired) electrons. The van der Waals surface area contributed by atoms with Crippen molar-refractivity contribution in [3.05, 3.63) is 35.9 Å². The molecule has 2 heteroatoms. The van der Waals surface area contributed by atoms with E-state index in [2.05, 4.69) is 19.1 Å². The van der Waals surface area contributed by atoms with Gasteiger partial charge in [-0.2, -0.15) is 0 Å². The van der Waals surface area contributed by atoms with Gasteiger partial charge in [0.15, 0.2) is 0 Å². The first-order valence-electron chi connectivity index (χ1n) is 8.00. The summed E-state index contributed by atoms with van der Waals surface area (Å²) in [6.45, 7) is 2.23. The van der Waals surface area contributed by atoms with Gasteiger partial charge in [0.1, 0.15) is 0 Å². The predicted octanol–water partition coefficient (Wildman–Crippen LogP) is 5.39. The molecule has 0 heterocycles. The van der Waals surface area contributed by atoms with Crippen LogP contribution in [0.3, 0.4) is 0 Å². The second-order valence-electron chi connectivity index (χ2n) is 5.62. The summed E-state index contributed by atoms with van der Waals surface area (Å²) in [5.74, 6) is -0.522. The summed E-state index contributed by atoms with van der Waals surface area (Å²) in [5.41, 5.74) is 1.17. The molecule has 0 saturated carbocycles. The van der Waals surface area contributed by atoms with Gasteiger partial charge >= 0.3 is 5.97 Å². The van der Waals surface area contributed by atoms with Crippen molar-refractivity contribution in [2.75, 3.05) is 0 Å². The molecule has 1 rings (SSSR count). The molecule has 0 aliphatic heterocycles. The Hall–Kier alpha value is -1.31. The second-order valence-corrected chi connectivity index (χ2v) is 5.62. The van der Waals surface area contributed by atoms with E-state index in [4.69, 9.17) is 5.11 Å². The van der Waals surface area contributed by atoms with Crippen LogP contribution >= 0.6 is 0 Å². The summed E-state index contributed by atoms with van der Waals surface area (Å²) in [5, 5.41) is 9.05. The molecule has 1 N–H and O–H groups in total. The topological polar surface area (TPSA) is 37.3 Å². The Morgan fingerprint density at radius 2 is 1.60 bits per heavy atom. The molecule has 1 unspecified atom stereocenters. The monoisotopic (exact) mass is 276 g/mol. The molecule has 0 fully saturated rings. The summed E-state index contributed by atoms with van der Waals surface area (Å²) in [6, 6.07) is 10.1. The van der Waals surface area contributed by atoms with Gasteiger partial charge in [-0.3, -0.25) is 4.79 Å². The molecule has 20 heavy (non-hydrogen) atoms. The second kappa shape index (κ2) is 10.5. The summed E-state index contributed by atoms with van der Waals surface area (Å²) in [6.07, 6.45) is 10.2. The van der Waals surface area contributed by atoms with Crippen LogP contribution in [-0.4, -0.2) is 11.1 Å². The first kappa shape index (κ1) is 16.7. The van der Waals surface area contributed by atoms with Crippen molar-refractivity contribution in [3.8, 4) is 0 Å². The van der Waals surface area contributed by atoms with Gasteiger partial charge in [-0.25, -0.2) is 0 Å². The largest absolute Gasteiger partial charge is 0.481 e. The lowest BCUT2D eigenvalue weighted by Gasteiger charge is -2.15. The number of carboxylic acid groups (broad SMARTS) is 1. The minimum atomic E-state index is -0.693. The highest BCUT2D eigenvalue weighted by Gasteiger charge is 2.14. The van der Waals surface area contributed by atoms with Gasteiger partial charge < -0.3 is 5.11 Å². The molecule has 1 atom stereocenters. The average Bonchev–Trinajstić information content (AvgIpc) is 2.45. The van der Waals surface area contributed by atoms with Crippen LogP contribution in [-0.2, 0) is 4.79 Å². The van der Waals surface area contributed by atoms with E-state index in [-0.39, 0.29) is 12.3 Å². The van der Waals surface area contributed by atoms with Crippen molar-refractivity contribution in [1.82, 2.24) is 0 Å². The van der Waals surface area contributed by atoms with Crippen LogP contribution in [0.1, 0.15) is 76.2 Å². The van der Waals surface area contributed by atoms with Crippen molar-refractivity contribution >= 4 is 5.97 Å². The predicted molar refractivity (Wildman–Crippen MR) is 84.0 cm³/mol. The Morgan fingerprint density at radius 1 is 1.00 bits per heavy atom. The molecule has 2 nitrogen and oxygen atoms in total. The Labute approximate surface area is 123 Å². The molecule has 0 aliphatic rings. The van der Waals surface area contributed by atoms with E-state index in [0.717, 1.165) is 12.8 Å². The SMILES string of the molecule is CCCCCCCCCC(CC(=O)O)c1ccccc1. The van der Waals surface area contributed by atoms with Gasteiger partial charge in [0.05, 0.1) is 6.42 Å². The number of hydrogen-bond acceptors (Lipinski definition) is 1. The van der Waals surface area contributed by atoms with Crippen molar-refractivity contribution in [2.24, 2.45) is 0 Å². The number of aliphatic carboxylic acids is 1. The Bertz CT molecular complexity index is 359. The maximum Gasteiger partial charge on any atom is 0.303 e. The van der Waals surface area contributed by atoms with Gasteiger partial charge in [-0.1, -0.05) is 82.2 Å². The normalized spacial score (nSPS) is 12.2. The Morgan fingerprint density at radius 3 is 2.20 bits per heavy atom. The first-order valence-corrected chi connectivity index (χ1v) is 8.00. The highest BCUT2D eigenvalue weighted by Crippen LogP contribution is 2.26. The van der Waals surface area contributed by atoms with Crippen LogP contribution in [0.15, 0.2) is 30.3 Å². The Kier molecular flexibility index (Phi) is 8.77. The zero-order chi connectivity index (χ0) is 14.6. The Balaban J connectivity index is 2.29. The van der Waals surface area contributed by atoms with Crippen LogP contribution in [0, 0.1) is 0 Å². The number of unbranched alkanes of at least 4 members (excludes halogenated alkanes) is 6. The number of benzene rings is 1. The molecule has 0 aliphatic carbocycles. The highest BCUT2D eigenvalue weighted by atomic mass is 16.4. The summed E-state index contributed by atoms with van der Waals surface area (Å²) in [7, 11) is 0. The molecular weight excluding hydrogens is 248 g/mol. The van der Waals surface area contributed by atoms with Crippen LogP contribution < -0.4 is 0 Å². The lowest BCUT2D eigenvalue weighted by Crippen LogP contribution is -2.06. The molecule has 1 aromatic carbocycles. The van der Waals surface area contributed by atoms with Crippen LogP contribution in [0.5, 0.6) is 0 Å². The summed E-state index contributed by atoms with van der Waals surface area (Å²) >= 11 is 0. The van der Waals surface area contributed by atoms with E-state index >= 15 is 0 Å². The van der Waals surface area contributed by atoms with Gasteiger partial charge in [0.2, 0.25) is 0 Å². The number of carbonyl (C=O) groups is 1. The number of carboxylic acids is 1. The molecular formula is C18H28O2. The van der Waals surface area contributed by atoms with Crippen molar-refractivity contribution in [1.29, 1.82) is 0 Å². The fraction of sp³-hybridized carbons (Fsp3) is 0.611. The summed E-state index contributed by atoms with van der Waals surface area (Å²) < 4.78 is 0. The van der Waals surface area contributed by atoms with Gasteiger partial charge in [-0.05, 0) is 17.9 Å². The average molecular weight is 276 g/mol. The van der Waals surface area contributed by atoms with E-state index in [1.54, 1.807) is 0 Å². The van der Waals surface area contributed by atoms with E-state index < -0.39 is 5.97 Å². The highest BCUT2D eigenvalue weighted by molar-refractivity contribution is 5.68. The molecule has 0 spiro atoms. The third kappa shape index (κ3) is 7.32. The van der Waals surface area contributed by atoms with Crippen LogP contribution in [0.2, 0.25) is 0 Å². The zero-order valence-corrected chi connectivity index (χ0v) is 12.7. The van der Waals surface area contributed by atoms with Gasteiger partial charge in [0.25, 0.3) is 0 Å². The number of hydrogen-bond donors (Lipinski definition) is 1. The standard InChI is InChI=1S/C18H28O2/c1-2-3-4-5-6-7-9-14-17(15-18(19)20)16-12-10-8-11-13-16/h8,10-13,17H,2-7,9,14-15H2,1H3,(H,19,20). The third-order valence-electron chi connectivity index (χ3n) is 3.85. The molecule has 0 aromatic heterocycles. The maximum absolute atomic E-state index is 11.0. The van der Waals surface area contributed by atoms with Gasteiger partial charge in [-0.15, -0.1) is 0 Å². The lowest BCUT2D eigenvalue weighted by molar-refractivity contribution is -0.137. The van der Waals surface area contributed by atoms with Crippen LogP contribution in [0.4, 0.5) is 0 Å². The molecule has 1 aromatic rings. The number of rotatable bonds is 11. The molecule has 0 saturated heterocycles. The smallest absolute Gasteiger partial charge is 0.303 e. The molecule has 0 bridgehead atoms. The van der Waals surface area contributed by atoms with E-state index in [1.165, 1.54) is 44.1 Å². The minimum Gasteiger partial charge on any atom is -0.481 e. The van der Waals surface area contributed by atoms with Gasteiger partial charge in [0, 0.05) is 0 Å². The minimum absolute atomic E-state index is 0.171. The van der Waals surface area contributed by atoms with E-state index in [0.29, 0.717) is 0 Å². The third-order valence-corrected chi connectivity index (χ3v) is 3.85. The zero-order valence-electron chi connectivity index (χ0n) is 12.7. The summed E-state index contributed by atoms with van der Waals surface area (Å²) in [4.78, 5) is 11.0. The van der Waals surface area contributed by atoms with Crippen molar-refractivity contribution < 1.29 is 9.90 Å². The fourth-order valence-corrected chi connectivity index (χ4v) is 2.67. The first-order chi connectivity index (χ1) is 9.74. The molecule has 0 amide bonds. The lowest BCUT2D eigenvalue weighted by atomic mass is 9.90. The van der Waals surface area contributed by atoms with Crippen molar-refractivity contribution in [3.63, 3.8) is 0 Å². The quantitative estimate of drug-likeness (QED) is 0.550. The maximum atomic E-state index is 11.0. The van der Waals surface area contributed by atoms with Crippen molar-refractivity contribution in [2.45, 2.75) is 70.6 Å². The van der Waals surface area contributed by atoms with Crippen LogP contribution in [0.25, 0.3) is 0 Å². The van der Waals surface area contributed by atoms with E-state index in [1.807, 2.05) is 18.2 Å². The van der Waals surface area contributed by atoms with E-state index in [9.17, 15) is 4.79 Å². The molecule has 112 valence electrons. The fourth-order valence-electron chi connectivity index (χ4n) is 2.67.